The lowest BCUT2D eigenvalue weighted by Crippen LogP contribution is -2.16. The van der Waals surface area contributed by atoms with Gasteiger partial charge in [-0.1, -0.05) is 47.2 Å². The van der Waals surface area contributed by atoms with E-state index < -0.39 is 4.92 Å². The van der Waals surface area contributed by atoms with Crippen LogP contribution < -0.4 is 4.80 Å². The van der Waals surface area contributed by atoms with Crippen LogP contribution in [0.3, 0.4) is 0 Å². The van der Waals surface area contributed by atoms with E-state index in [1.165, 1.54) is 23.5 Å². The lowest BCUT2D eigenvalue weighted by atomic mass is 10.1. The summed E-state index contributed by atoms with van der Waals surface area (Å²) in [6, 6.07) is 12.4. The molecule has 0 saturated heterocycles. The first kappa shape index (κ1) is 17.8. The molecule has 1 heterocycles. The fraction of sp³-hybridized carbons (Fsp3) is 0.158. The van der Waals surface area contributed by atoms with Crippen LogP contribution in [0.25, 0.3) is 10.2 Å². The van der Waals surface area contributed by atoms with E-state index >= 15 is 0 Å². The van der Waals surface area contributed by atoms with Crippen LogP contribution in [-0.4, -0.2) is 15.4 Å². The van der Waals surface area contributed by atoms with E-state index in [4.69, 9.17) is 0 Å². The zero-order chi connectivity index (χ0) is 18.7. The van der Waals surface area contributed by atoms with Crippen LogP contribution in [-0.2, 0) is 17.8 Å². The average Bonchev–Trinajstić information content (AvgIpc) is 2.91. The molecule has 0 aliphatic heterocycles. The van der Waals surface area contributed by atoms with Crippen molar-refractivity contribution >= 4 is 33.1 Å². The van der Waals surface area contributed by atoms with Gasteiger partial charge >= 0.3 is 0 Å². The molecule has 0 atom stereocenters. The van der Waals surface area contributed by atoms with Gasteiger partial charge in [0.1, 0.15) is 0 Å². The summed E-state index contributed by atoms with van der Waals surface area (Å²) < 4.78 is 2.55. The van der Waals surface area contributed by atoms with Gasteiger partial charge in [-0.25, -0.2) is 0 Å². The number of thiazole rings is 1. The molecule has 0 N–H and O–H groups in total. The van der Waals surface area contributed by atoms with Crippen LogP contribution in [0.15, 0.2) is 60.1 Å². The first-order valence-electron chi connectivity index (χ1n) is 7.99. The van der Waals surface area contributed by atoms with Crippen molar-refractivity contribution in [3.63, 3.8) is 0 Å². The van der Waals surface area contributed by atoms with E-state index in [2.05, 4.69) is 11.6 Å². The number of nitro groups is 1. The number of hydrogen-bond acceptors (Lipinski definition) is 4. The summed E-state index contributed by atoms with van der Waals surface area (Å²) in [4.78, 5) is 27.7. The molecule has 132 valence electrons. The molecule has 26 heavy (non-hydrogen) atoms. The Hall–Kier alpha value is -3.06. The molecule has 0 fully saturated rings. The second kappa shape index (κ2) is 7.45. The van der Waals surface area contributed by atoms with Crippen LogP contribution in [0.1, 0.15) is 11.1 Å². The number of carbonyl (C=O) groups is 1. The Balaban J connectivity index is 2.02. The first-order valence-corrected chi connectivity index (χ1v) is 8.81. The molecule has 0 saturated carbocycles. The maximum absolute atomic E-state index is 12.4. The monoisotopic (exact) mass is 367 g/mol. The van der Waals surface area contributed by atoms with E-state index in [9.17, 15) is 14.9 Å². The van der Waals surface area contributed by atoms with Crippen molar-refractivity contribution in [1.29, 1.82) is 0 Å². The molecule has 3 aromatic rings. The number of rotatable bonds is 5. The number of fused-ring (bicyclic) bond motifs is 1. The largest absolute Gasteiger partial charge is 0.312 e. The van der Waals surface area contributed by atoms with Gasteiger partial charge in [0.05, 0.1) is 21.6 Å². The number of nitrogens with zero attached hydrogens (tertiary/aromatic N) is 3. The van der Waals surface area contributed by atoms with Gasteiger partial charge in [-0.15, -0.1) is 6.58 Å². The van der Waals surface area contributed by atoms with Crippen molar-refractivity contribution in [1.82, 2.24) is 4.57 Å². The first-order chi connectivity index (χ1) is 12.5. The highest BCUT2D eigenvalue weighted by atomic mass is 32.1. The number of hydrogen-bond donors (Lipinski definition) is 0. The molecule has 0 unspecified atom stereocenters. The van der Waals surface area contributed by atoms with Crippen LogP contribution in [0, 0.1) is 17.0 Å². The summed E-state index contributed by atoms with van der Waals surface area (Å²) in [7, 11) is 0. The Labute approximate surface area is 153 Å². The van der Waals surface area contributed by atoms with Gasteiger partial charge in [-0.3, -0.25) is 14.9 Å². The Bertz CT molecular complexity index is 1080. The molecule has 0 bridgehead atoms. The maximum atomic E-state index is 12.4. The minimum absolute atomic E-state index is 0.0159. The summed E-state index contributed by atoms with van der Waals surface area (Å²) in [5, 5.41) is 11.0. The van der Waals surface area contributed by atoms with E-state index in [1.54, 1.807) is 12.1 Å². The highest BCUT2D eigenvalue weighted by molar-refractivity contribution is 7.16. The number of aryl methyl sites for hydroxylation is 1. The predicted octanol–water partition coefficient (Wildman–Crippen LogP) is 3.78. The van der Waals surface area contributed by atoms with Crippen molar-refractivity contribution in [2.45, 2.75) is 19.9 Å². The summed E-state index contributed by atoms with van der Waals surface area (Å²) in [5.74, 6) is -0.255. The van der Waals surface area contributed by atoms with Crippen LogP contribution in [0.2, 0.25) is 0 Å². The molecule has 0 aliphatic carbocycles. The summed E-state index contributed by atoms with van der Waals surface area (Å²) in [6.45, 7) is 6.18. The number of non-ortho nitro benzene ring substituents is 1. The Morgan fingerprint density at radius 3 is 2.85 bits per heavy atom. The summed E-state index contributed by atoms with van der Waals surface area (Å²) in [5.41, 5.74) is 2.81. The topological polar surface area (TPSA) is 77.5 Å². The number of allylic oxidation sites excluding steroid dienone is 1. The summed E-state index contributed by atoms with van der Waals surface area (Å²) in [6.07, 6.45) is 1.92. The van der Waals surface area contributed by atoms with Crippen molar-refractivity contribution in [3.05, 3.63) is 81.2 Å². The Morgan fingerprint density at radius 1 is 1.35 bits per heavy atom. The van der Waals surface area contributed by atoms with Gasteiger partial charge in [0.2, 0.25) is 0 Å². The standard InChI is InChI=1S/C19H17N3O3S/c1-3-9-21-16-8-7-15(22(24)25)12-17(16)26-19(21)20-18(23)11-14-6-4-5-13(2)10-14/h3-8,10,12H,1,9,11H2,2H3. The van der Waals surface area contributed by atoms with E-state index in [0.717, 1.165) is 16.6 Å². The van der Waals surface area contributed by atoms with Crippen LogP contribution in [0.5, 0.6) is 0 Å². The summed E-state index contributed by atoms with van der Waals surface area (Å²) >= 11 is 1.26. The van der Waals surface area contributed by atoms with Gasteiger partial charge in [-0.05, 0) is 18.6 Å². The Morgan fingerprint density at radius 2 is 2.15 bits per heavy atom. The average molecular weight is 367 g/mol. The van der Waals surface area contributed by atoms with E-state index in [0.29, 0.717) is 16.0 Å². The second-order valence-electron chi connectivity index (χ2n) is 5.86. The van der Waals surface area contributed by atoms with Crippen LogP contribution >= 0.6 is 11.3 Å². The third kappa shape index (κ3) is 3.78. The minimum Gasteiger partial charge on any atom is -0.312 e. The fourth-order valence-electron chi connectivity index (χ4n) is 2.71. The molecule has 7 heteroatoms. The molecular weight excluding hydrogens is 350 g/mol. The highest BCUT2D eigenvalue weighted by Crippen LogP contribution is 2.23. The molecule has 1 amide bonds. The number of carbonyl (C=O) groups excluding carboxylic acids is 1. The molecule has 3 rings (SSSR count). The zero-order valence-corrected chi connectivity index (χ0v) is 15.0. The normalized spacial score (nSPS) is 11.7. The smallest absolute Gasteiger partial charge is 0.270 e. The quantitative estimate of drug-likeness (QED) is 0.391. The van der Waals surface area contributed by atoms with Crippen molar-refractivity contribution in [2.24, 2.45) is 4.99 Å². The second-order valence-corrected chi connectivity index (χ2v) is 6.87. The third-order valence-electron chi connectivity index (χ3n) is 3.85. The molecule has 1 aromatic heterocycles. The predicted molar refractivity (Wildman–Crippen MR) is 102 cm³/mol. The molecular formula is C19H17N3O3S. The Kier molecular flexibility index (Phi) is 5.09. The fourth-order valence-corrected chi connectivity index (χ4v) is 3.80. The van der Waals surface area contributed by atoms with Crippen molar-refractivity contribution in [2.75, 3.05) is 0 Å². The van der Waals surface area contributed by atoms with Gasteiger partial charge in [0, 0.05) is 18.7 Å². The number of amides is 1. The molecule has 2 aromatic carbocycles. The highest BCUT2D eigenvalue weighted by Gasteiger charge is 2.12. The number of nitro benzene ring substituents is 1. The third-order valence-corrected chi connectivity index (χ3v) is 4.89. The van der Waals surface area contributed by atoms with E-state index in [-0.39, 0.29) is 18.0 Å². The molecule has 0 radical (unpaired) electrons. The molecule has 6 nitrogen and oxygen atoms in total. The van der Waals surface area contributed by atoms with Crippen molar-refractivity contribution in [3.8, 4) is 0 Å². The van der Waals surface area contributed by atoms with Crippen molar-refractivity contribution < 1.29 is 9.72 Å². The lowest BCUT2D eigenvalue weighted by Gasteiger charge is -2.01. The lowest BCUT2D eigenvalue weighted by molar-refractivity contribution is -0.384. The number of aromatic nitrogens is 1. The minimum atomic E-state index is -0.434. The van der Waals surface area contributed by atoms with Gasteiger partial charge in [0.15, 0.2) is 4.80 Å². The molecule has 0 spiro atoms. The van der Waals surface area contributed by atoms with Gasteiger partial charge in [-0.2, -0.15) is 4.99 Å². The number of benzene rings is 2. The van der Waals surface area contributed by atoms with Gasteiger partial charge < -0.3 is 4.57 Å². The van der Waals surface area contributed by atoms with Crippen LogP contribution in [0.4, 0.5) is 5.69 Å². The van der Waals surface area contributed by atoms with E-state index in [1.807, 2.05) is 35.8 Å². The van der Waals surface area contributed by atoms with Gasteiger partial charge in [0.25, 0.3) is 11.6 Å². The SMILES string of the molecule is C=CCn1c(=NC(=O)Cc2cccc(C)c2)sc2cc([N+](=O)[O-])ccc21. The molecule has 0 aliphatic rings. The maximum Gasteiger partial charge on any atom is 0.270 e. The zero-order valence-electron chi connectivity index (χ0n) is 14.2.